The summed E-state index contributed by atoms with van der Waals surface area (Å²) in [6.07, 6.45) is 7.32. The lowest BCUT2D eigenvalue weighted by molar-refractivity contribution is 0.254. The standard InChI is InChI=1S/C28H40ClN7O3S/c1-17(2)16-40(37,38)26(30)24(15-31-4)33-27-22(29)14-32-28(35-27)34-23-12-18(3)21(13-25(23)39-20-6-7-20)19-8-10-36(5)11-9-19/h12-15,17,19-20H,6-11,16,30H2,1-5H3,(H2,32,33,34,35). The molecule has 0 atom stereocenters. The number of likely N-dealkylation sites (tertiary alicyclic amines) is 1. The zero-order chi connectivity index (χ0) is 29.0. The molecule has 2 fully saturated rings. The first-order valence-corrected chi connectivity index (χ1v) is 15.7. The first-order chi connectivity index (χ1) is 19.0. The molecule has 218 valence electrons. The number of aryl methyl sites for hydroxylation is 1. The molecule has 12 heteroatoms. The Kier molecular flexibility index (Phi) is 9.58. The van der Waals surface area contributed by atoms with Gasteiger partial charge in [0.15, 0.2) is 20.7 Å². The second-order valence-corrected chi connectivity index (χ2v) is 13.5. The molecule has 2 aliphatic rings. The van der Waals surface area contributed by atoms with Crippen LogP contribution < -0.4 is 21.1 Å². The van der Waals surface area contributed by atoms with Crippen molar-refractivity contribution in [2.75, 3.05) is 43.6 Å². The van der Waals surface area contributed by atoms with Gasteiger partial charge >= 0.3 is 0 Å². The van der Waals surface area contributed by atoms with Gasteiger partial charge in [-0.1, -0.05) is 25.4 Å². The normalized spacial score (nSPS) is 17.8. The van der Waals surface area contributed by atoms with E-state index in [9.17, 15) is 8.42 Å². The van der Waals surface area contributed by atoms with Crippen LogP contribution in [0.25, 0.3) is 0 Å². The number of nitrogens with two attached hydrogens (primary N) is 1. The summed E-state index contributed by atoms with van der Waals surface area (Å²) in [6, 6.07) is 4.25. The maximum Gasteiger partial charge on any atom is 0.229 e. The van der Waals surface area contributed by atoms with Gasteiger partial charge in [0.2, 0.25) is 5.95 Å². The highest BCUT2D eigenvalue weighted by molar-refractivity contribution is 7.95. The topological polar surface area (TPSA) is 135 Å². The third-order valence-electron chi connectivity index (χ3n) is 7.00. The van der Waals surface area contributed by atoms with Crippen LogP contribution in [0.15, 0.2) is 34.0 Å². The number of nitrogens with zero attached hydrogens (tertiary/aromatic N) is 4. The van der Waals surface area contributed by atoms with Crippen LogP contribution in [-0.2, 0) is 9.84 Å². The first kappa shape index (κ1) is 30.1. The van der Waals surface area contributed by atoms with E-state index < -0.39 is 9.84 Å². The predicted molar refractivity (Wildman–Crippen MR) is 163 cm³/mol. The van der Waals surface area contributed by atoms with E-state index in [0.717, 1.165) is 50.2 Å². The molecule has 4 rings (SSSR count). The maximum atomic E-state index is 12.8. The van der Waals surface area contributed by atoms with E-state index in [1.807, 2.05) is 13.8 Å². The van der Waals surface area contributed by atoms with E-state index in [4.69, 9.17) is 22.1 Å². The number of hydrogen-bond donors (Lipinski definition) is 3. The average Bonchev–Trinajstić information content (AvgIpc) is 3.71. The smallest absolute Gasteiger partial charge is 0.229 e. The van der Waals surface area contributed by atoms with Crippen molar-refractivity contribution in [1.29, 1.82) is 0 Å². The van der Waals surface area contributed by atoms with Gasteiger partial charge in [-0.25, -0.2) is 13.4 Å². The maximum absolute atomic E-state index is 12.8. The molecule has 0 unspecified atom stereocenters. The molecule has 0 radical (unpaired) electrons. The minimum absolute atomic E-state index is 0.0887. The zero-order valence-corrected chi connectivity index (χ0v) is 25.4. The van der Waals surface area contributed by atoms with Gasteiger partial charge in [0.05, 0.1) is 29.4 Å². The predicted octanol–water partition coefficient (Wildman–Crippen LogP) is 4.84. The number of rotatable bonds is 11. The van der Waals surface area contributed by atoms with Gasteiger partial charge in [0.1, 0.15) is 10.8 Å². The molecule has 1 aliphatic carbocycles. The Labute approximate surface area is 242 Å². The van der Waals surface area contributed by atoms with Gasteiger partial charge in [-0.15, -0.1) is 0 Å². The Morgan fingerprint density at radius 2 is 1.98 bits per heavy atom. The quantitative estimate of drug-likeness (QED) is 0.314. The minimum atomic E-state index is -3.72. The number of hydrogen-bond acceptors (Lipinski definition) is 10. The number of nitrogens with one attached hydrogen (secondary N) is 2. The monoisotopic (exact) mass is 589 g/mol. The van der Waals surface area contributed by atoms with Crippen molar-refractivity contribution >= 4 is 45.1 Å². The number of ether oxygens (including phenoxy) is 1. The van der Waals surface area contributed by atoms with Crippen LogP contribution in [0.2, 0.25) is 5.02 Å². The van der Waals surface area contributed by atoms with Crippen molar-refractivity contribution < 1.29 is 13.2 Å². The summed E-state index contributed by atoms with van der Waals surface area (Å²) >= 11 is 6.40. The third-order valence-corrected chi connectivity index (χ3v) is 9.27. The number of sulfone groups is 1. The molecule has 1 saturated carbocycles. The number of anilines is 3. The van der Waals surface area contributed by atoms with Crippen molar-refractivity contribution in [3.8, 4) is 5.75 Å². The van der Waals surface area contributed by atoms with Crippen LogP contribution >= 0.6 is 11.6 Å². The molecule has 1 aromatic carbocycles. The Bertz CT molecular complexity index is 1380. The fourth-order valence-corrected chi connectivity index (χ4v) is 6.40. The Morgan fingerprint density at radius 3 is 2.60 bits per heavy atom. The van der Waals surface area contributed by atoms with Crippen LogP contribution in [-0.4, -0.2) is 68.5 Å². The second kappa shape index (κ2) is 12.7. The Hall–Kier alpha value is -2.89. The average molecular weight is 590 g/mol. The highest BCUT2D eigenvalue weighted by atomic mass is 35.5. The third kappa shape index (κ3) is 7.64. The molecule has 40 heavy (non-hydrogen) atoms. The number of aromatic nitrogens is 2. The summed E-state index contributed by atoms with van der Waals surface area (Å²) in [5, 5.41) is 6.11. The molecule has 10 nitrogen and oxygen atoms in total. The summed E-state index contributed by atoms with van der Waals surface area (Å²) in [5.41, 5.74) is 9.43. The van der Waals surface area contributed by atoms with E-state index in [1.54, 1.807) is 0 Å². The van der Waals surface area contributed by atoms with Crippen molar-refractivity contribution in [3.63, 3.8) is 0 Å². The van der Waals surface area contributed by atoms with E-state index in [-0.39, 0.29) is 45.3 Å². The molecule has 0 bridgehead atoms. The van der Waals surface area contributed by atoms with Crippen LogP contribution in [0.4, 0.5) is 17.5 Å². The van der Waals surface area contributed by atoms with Crippen LogP contribution in [0.3, 0.4) is 0 Å². The van der Waals surface area contributed by atoms with E-state index in [0.29, 0.717) is 5.92 Å². The van der Waals surface area contributed by atoms with Crippen LogP contribution in [0.1, 0.15) is 56.6 Å². The molecule has 0 spiro atoms. The summed E-state index contributed by atoms with van der Waals surface area (Å²) in [4.78, 5) is 15.2. The number of halogens is 1. The van der Waals surface area contributed by atoms with Crippen molar-refractivity contribution in [2.45, 2.75) is 58.5 Å². The lowest BCUT2D eigenvalue weighted by atomic mass is 9.86. The zero-order valence-electron chi connectivity index (χ0n) is 23.9. The van der Waals surface area contributed by atoms with Crippen LogP contribution in [0, 0.1) is 12.8 Å². The first-order valence-electron chi connectivity index (χ1n) is 13.7. The van der Waals surface area contributed by atoms with Gasteiger partial charge in [0, 0.05) is 13.3 Å². The molecular weight excluding hydrogens is 550 g/mol. The van der Waals surface area contributed by atoms with E-state index in [1.165, 1.54) is 30.6 Å². The van der Waals surface area contributed by atoms with Crippen molar-refractivity contribution in [2.24, 2.45) is 16.6 Å². The fraction of sp³-hybridized carbons (Fsp3) is 0.536. The van der Waals surface area contributed by atoms with Crippen molar-refractivity contribution in [1.82, 2.24) is 14.9 Å². The van der Waals surface area contributed by atoms with Gasteiger partial charge in [0.25, 0.3) is 0 Å². The highest BCUT2D eigenvalue weighted by Gasteiger charge is 2.27. The summed E-state index contributed by atoms with van der Waals surface area (Å²) < 4.78 is 31.9. The number of benzene rings is 1. The highest BCUT2D eigenvalue weighted by Crippen LogP contribution is 2.40. The lowest BCUT2D eigenvalue weighted by Gasteiger charge is -2.30. The van der Waals surface area contributed by atoms with E-state index >= 15 is 0 Å². The molecule has 1 aliphatic heterocycles. The molecule has 0 amide bonds. The summed E-state index contributed by atoms with van der Waals surface area (Å²) in [5.74, 6) is 1.55. The Morgan fingerprint density at radius 1 is 1.27 bits per heavy atom. The minimum Gasteiger partial charge on any atom is -0.488 e. The van der Waals surface area contributed by atoms with E-state index in [2.05, 4.69) is 56.6 Å². The summed E-state index contributed by atoms with van der Waals surface area (Å²) in [6.45, 7) is 7.92. The summed E-state index contributed by atoms with van der Waals surface area (Å²) in [7, 11) is -0.0312. The molecule has 2 heterocycles. The molecule has 1 saturated heterocycles. The fourth-order valence-electron chi connectivity index (χ4n) is 4.77. The van der Waals surface area contributed by atoms with Gasteiger partial charge in [-0.2, -0.15) is 4.98 Å². The Balaban J connectivity index is 1.63. The van der Waals surface area contributed by atoms with Gasteiger partial charge < -0.3 is 26.0 Å². The molecule has 1 aromatic heterocycles. The number of allylic oxidation sites excluding steroid dienone is 1. The lowest BCUT2D eigenvalue weighted by Crippen LogP contribution is -2.29. The molecule has 2 aromatic rings. The van der Waals surface area contributed by atoms with Gasteiger partial charge in [-0.3, -0.25) is 4.99 Å². The molecular formula is C28H40ClN7O3S. The van der Waals surface area contributed by atoms with Crippen molar-refractivity contribution in [3.05, 3.63) is 45.2 Å². The van der Waals surface area contributed by atoms with Crippen LogP contribution in [0.5, 0.6) is 5.75 Å². The largest absolute Gasteiger partial charge is 0.488 e. The number of piperidine rings is 1. The SMILES string of the molecule is CN=CC(Nc1nc(Nc2cc(C)c(C3CCN(C)CC3)cc2OC2CC2)ncc1Cl)=C(N)S(=O)(=O)CC(C)C. The second-order valence-electron chi connectivity index (χ2n) is 11.1. The van der Waals surface area contributed by atoms with Gasteiger partial charge in [-0.05, 0) is 87.8 Å². The molecule has 4 N–H and O–H groups in total. The number of aliphatic imine (C=N–C) groups is 1.